The number of benzene rings is 3. The van der Waals surface area contributed by atoms with Crippen LogP contribution in [-0.4, -0.2) is 38.8 Å². The Morgan fingerprint density at radius 1 is 1.00 bits per heavy atom. The van der Waals surface area contributed by atoms with Gasteiger partial charge in [0.2, 0.25) is 0 Å². The van der Waals surface area contributed by atoms with Gasteiger partial charge in [-0.05, 0) is 49.4 Å². The molecule has 0 saturated carbocycles. The molecule has 162 valence electrons. The van der Waals surface area contributed by atoms with Gasteiger partial charge in [-0.1, -0.05) is 54.6 Å². The van der Waals surface area contributed by atoms with Crippen LogP contribution in [0.2, 0.25) is 0 Å². The second kappa shape index (κ2) is 9.16. The highest BCUT2D eigenvalue weighted by Gasteiger charge is 2.22. The van der Waals surface area contributed by atoms with Crippen LogP contribution in [0.3, 0.4) is 0 Å². The van der Waals surface area contributed by atoms with Gasteiger partial charge >= 0.3 is 5.97 Å². The Labute approximate surface area is 186 Å². The molecule has 0 aliphatic heterocycles. The van der Waals surface area contributed by atoms with Crippen molar-refractivity contribution in [2.75, 3.05) is 7.05 Å². The lowest BCUT2D eigenvalue weighted by Gasteiger charge is -2.21. The highest BCUT2D eigenvalue weighted by molar-refractivity contribution is 5.73. The first-order valence-electron chi connectivity index (χ1n) is 10.4. The summed E-state index contributed by atoms with van der Waals surface area (Å²) >= 11 is 0. The Hall–Kier alpha value is -3.77. The van der Waals surface area contributed by atoms with Crippen molar-refractivity contribution in [1.82, 2.24) is 14.7 Å². The van der Waals surface area contributed by atoms with E-state index in [1.165, 1.54) is 6.07 Å². The zero-order chi connectivity index (χ0) is 22.7. The maximum Gasteiger partial charge on any atom is 0.320 e. The minimum Gasteiger partial charge on any atom is -0.480 e. The van der Waals surface area contributed by atoms with Crippen molar-refractivity contribution in [1.29, 1.82) is 0 Å². The summed E-state index contributed by atoms with van der Waals surface area (Å²) < 4.78 is 16.5. The molecule has 1 N–H and O–H groups in total. The van der Waals surface area contributed by atoms with E-state index >= 15 is 0 Å². The fourth-order valence-corrected chi connectivity index (χ4v) is 3.65. The van der Waals surface area contributed by atoms with Crippen molar-refractivity contribution >= 4 is 5.97 Å². The predicted molar refractivity (Wildman–Crippen MR) is 123 cm³/mol. The monoisotopic (exact) mass is 429 g/mol. The standard InChI is InChI=1S/C26H24FN3O2/c1-18(26(31)32)29(2)17-21-16-28-30(25(21)23-10-6-7-11-24(23)27)22-14-12-20(13-15-22)19-8-4-3-5-9-19/h3-16,18H,17H2,1-2H3,(H,31,32). The molecular weight excluding hydrogens is 405 g/mol. The van der Waals surface area contributed by atoms with Gasteiger partial charge in [0.25, 0.3) is 0 Å². The van der Waals surface area contributed by atoms with E-state index in [0.29, 0.717) is 17.8 Å². The van der Waals surface area contributed by atoms with E-state index in [1.54, 1.807) is 47.9 Å². The maximum atomic E-state index is 14.8. The molecular formula is C26H24FN3O2. The summed E-state index contributed by atoms with van der Waals surface area (Å²) in [5.74, 6) is -1.27. The average molecular weight is 429 g/mol. The first-order chi connectivity index (χ1) is 15.5. The van der Waals surface area contributed by atoms with Crippen LogP contribution in [0.4, 0.5) is 4.39 Å². The van der Waals surface area contributed by atoms with Crippen LogP contribution in [0.5, 0.6) is 0 Å². The molecule has 1 aromatic heterocycles. The number of carbonyl (C=O) groups is 1. The second-order valence-electron chi connectivity index (χ2n) is 7.75. The van der Waals surface area contributed by atoms with Crippen LogP contribution in [0.25, 0.3) is 28.1 Å². The van der Waals surface area contributed by atoms with Crippen LogP contribution in [-0.2, 0) is 11.3 Å². The van der Waals surface area contributed by atoms with E-state index in [-0.39, 0.29) is 5.82 Å². The fraction of sp³-hybridized carbons (Fsp3) is 0.154. The summed E-state index contributed by atoms with van der Waals surface area (Å²) in [6.45, 7) is 1.94. The molecule has 1 unspecified atom stereocenters. The lowest BCUT2D eigenvalue weighted by molar-refractivity contribution is -0.142. The Balaban J connectivity index is 1.76. The van der Waals surface area contributed by atoms with Crippen LogP contribution < -0.4 is 0 Å². The topological polar surface area (TPSA) is 58.4 Å². The van der Waals surface area contributed by atoms with Crippen molar-refractivity contribution < 1.29 is 14.3 Å². The fourth-order valence-electron chi connectivity index (χ4n) is 3.65. The third-order valence-electron chi connectivity index (χ3n) is 5.63. The molecule has 4 aromatic rings. The molecule has 0 aliphatic rings. The number of halogens is 1. The van der Waals surface area contributed by atoms with Gasteiger partial charge in [0.05, 0.1) is 17.6 Å². The summed E-state index contributed by atoms with van der Waals surface area (Å²) in [4.78, 5) is 13.1. The lowest BCUT2D eigenvalue weighted by Crippen LogP contribution is -2.35. The molecule has 0 bridgehead atoms. The van der Waals surface area contributed by atoms with Crippen LogP contribution in [0, 0.1) is 5.82 Å². The van der Waals surface area contributed by atoms with Gasteiger partial charge in [-0.25, -0.2) is 9.07 Å². The molecule has 32 heavy (non-hydrogen) atoms. The number of nitrogens with zero attached hydrogens (tertiary/aromatic N) is 3. The van der Waals surface area contributed by atoms with E-state index in [2.05, 4.69) is 5.10 Å². The number of aliphatic carboxylic acids is 1. The number of hydrogen-bond donors (Lipinski definition) is 1. The molecule has 0 aliphatic carbocycles. The summed E-state index contributed by atoms with van der Waals surface area (Å²) in [5.41, 5.74) is 4.76. The molecule has 4 rings (SSSR count). The van der Waals surface area contributed by atoms with Crippen LogP contribution in [0.1, 0.15) is 12.5 Å². The molecule has 0 saturated heterocycles. The molecule has 1 heterocycles. The van der Waals surface area contributed by atoms with Crippen molar-refractivity contribution in [2.24, 2.45) is 0 Å². The maximum absolute atomic E-state index is 14.8. The van der Waals surface area contributed by atoms with E-state index in [0.717, 1.165) is 22.4 Å². The lowest BCUT2D eigenvalue weighted by atomic mass is 10.0. The van der Waals surface area contributed by atoms with Crippen LogP contribution >= 0.6 is 0 Å². The number of aromatic nitrogens is 2. The average Bonchev–Trinajstić information content (AvgIpc) is 3.22. The third-order valence-corrected chi connectivity index (χ3v) is 5.63. The van der Waals surface area contributed by atoms with E-state index in [9.17, 15) is 14.3 Å². The van der Waals surface area contributed by atoms with Gasteiger partial charge in [-0.2, -0.15) is 5.10 Å². The summed E-state index contributed by atoms with van der Waals surface area (Å²) in [7, 11) is 1.73. The zero-order valence-electron chi connectivity index (χ0n) is 17.9. The molecule has 6 heteroatoms. The number of rotatable bonds is 7. The molecule has 0 spiro atoms. The first kappa shape index (κ1) is 21.5. The Kier molecular flexibility index (Phi) is 6.14. The first-order valence-corrected chi connectivity index (χ1v) is 10.4. The number of likely N-dealkylation sites (N-methyl/N-ethyl adjacent to an activating group) is 1. The highest BCUT2D eigenvalue weighted by atomic mass is 19.1. The van der Waals surface area contributed by atoms with Gasteiger partial charge in [0.15, 0.2) is 0 Å². The van der Waals surface area contributed by atoms with Crippen molar-refractivity contribution in [3.05, 3.63) is 96.4 Å². The second-order valence-corrected chi connectivity index (χ2v) is 7.75. The van der Waals surface area contributed by atoms with Gasteiger partial charge in [0, 0.05) is 17.7 Å². The van der Waals surface area contributed by atoms with E-state index < -0.39 is 12.0 Å². The number of hydrogen-bond acceptors (Lipinski definition) is 3. The SMILES string of the molecule is CC(C(=O)O)N(C)Cc1cnn(-c2ccc(-c3ccccc3)cc2)c1-c1ccccc1F. The Morgan fingerprint density at radius 3 is 2.28 bits per heavy atom. The third kappa shape index (κ3) is 4.31. The Morgan fingerprint density at radius 2 is 1.62 bits per heavy atom. The highest BCUT2D eigenvalue weighted by Crippen LogP contribution is 2.30. The van der Waals surface area contributed by atoms with Gasteiger partial charge in [-0.3, -0.25) is 9.69 Å². The molecule has 0 amide bonds. The quantitative estimate of drug-likeness (QED) is 0.436. The number of carboxylic acid groups (broad SMARTS) is 1. The Bertz CT molecular complexity index is 1220. The van der Waals surface area contributed by atoms with Gasteiger partial charge in [0.1, 0.15) is 11.9 Å². The molecule has 5 nitrogen and oxygen atoms in total. The van der Waals surface area contributed by atoms with Crippen molar-refractivity contribution in [2.45, 2.75) is 19.5 Å². The smallest absolute Gasteiger partial charge is 0.320 e. The molecule has 0 radical (unpaired) electrons. The normalized spacial score (nSPS) is 12.1. The molecule has 1 atom stereocenters. The van der Waals surface area contributed by atoms with Crippen molar-refractivity contribution in [3.8, 4) is 28.1 Å². The summed E-state index contributed by atoms with van der Waals surface area (Å²) in [6, 6.07) is 23.9. The van der Waals surface area contributed by atoms with Crippen molar-refractivity contribution in [3.63, 3.8) is 0 Å². The van der Waals surface area contributed by atoms with Crippen LogP contribution in [0.15, 0.2) is 85.1 Å². The minimum absolute atomic E-state index is 0.319. The summed E-state index contributed by atoms with van der Waals surface area (Å²) in [6.07, 6.45) is 1.68. The van der Waals surface area contributed by atoms with E-state index in [1.807, 2.05) is 54.6 Å². The molecule has 3 aromatic carbocycles. The molecule has 0 fully saturated rings. The van der Waals surface area contributed by atoms with E-state index in [4.69, 9.17) is 0 Å². The minimum atomic E-state index is -0.913. The van der Waals surface area contributed by atoms with Gasteiger partial charge in [-0.15, -0.1) is 0 Å². The summed E-state index contributed by atoms with van der Waals surface area (Å²) in [5, 5.41) is 13.9. The largest absolute Gasteiger partial charge is 0.480 e. The number of carboxylic acids is 1. The predicted octanol–water partition coefficient (Wildman–Crippen LogP) is 5.25. The zero-order valence-corrected chi connectivity index (χ0v) is 17.9. The van der Waals surface area contributed by atoms with Gasteiger partial charge < -0.3 is 5.11 Å².